The SMILES string of the molecule is CCOC(=O)c1ccc2c(c1)sc(=NC(=O)c1c(C)cnn1C)n2CC(=O)OC. The van der Waals surface area contributed by atoms with Crippen molar-refractivity contribution in [3.63, 3.8) is 0 Å². The van der Waals surface area contributed by atoms with E-state index >= 15 is 0 Å². The molecule has 0 aliphatic rings. The second-order valence-electron chi connectivity index (χ2n) is 6.17. The first-order valence-corrected chi connectivity index (χ1v) is 9.62. The highest BCUT2D eigenvalue weighted by molar-refractivity contribution is 7.16. The number of aryl methyl sites for hydroxylation is 2. The van der Waals surface area contributed by atoms with Crippen LogP contribution in [-0.4, -0.2) is 45.9 Å². The monoisotopic (exact) mass is 416 g/mol. The van der Waals surface area contributed by atoms with Crippen LogP contribution in [0.3, 0.4) is 0 Å². The Morgan fingerprint density at radius 1 is 1.28 bits per heavy atom. The number of esters is 2. The molecule has 2 heterocycles. The van der Waals surface area contributed by atoms with Gasteiger partial charge in [0.2, 0.25) is 0 Å². The number of hydrogen-bond donors (Lipinski definition) is 0. The molecule has 0 saturated carbocycles. The summed E-state index contributed by atoms with van der Waals surface area (Å²) < 4.78 is 13.5. The van der Waals surface area contributed by atoms with E-state index in [0.29, 0.717) is 31.8 Å². The Kier molecular flexibility index (Phi) is 5.92. The zero-order valence-electron chi connectivity index (χ0n) is 16.5. The molecule has 1 amide bonds. The number of amides is 1. The Bertz CT molecular complexity index is 1150. The summed E-state index contributed by atoms with van der Waals surface area (Å²) in [5.41, 5.74) is 2.10. The Labute approximate surface area is 170 Å². The summed E-state index contributed by atoms with van der Waals surface area (Å²) >= 11 is 1.19. The molecular formula is C19H20N4O5S. The molecule has 0 aliphatic carbocycles. The van der Waals surface area contributed by atoms with E-state index in [1.54, 1.807) is 49.9 Å². The van der Waals surface area contributed by atoms with Crippen molar-refractivity contribution >= 4 is 39.4 Å². The first-order valence-electron chi connectivity index (χ1n) is 8.80. The van der Waals surface area contributed by atoms with E-state index in [4.69, 9.17) is 9.47 Å². The Hall–Kier alpha value is -3.27. The van der Waals surface area contributed by atoms with Crippen LogP contribution >= 0.6 is 11.3 Å². The van der Waals surface area contributed by atoms with Crippen LogP contribution in [0.4, 0.5) is 0 Å². The van der Waals surface area contributed by atoms with Gasteiger partial charge in [0, 0.05) is 12.6 Å². The minimum absolute atomic E-state index is 0.119. The number of methoxy groups -OCH3 is 1. The van der Waals surface area contributed by atoms with Crippen molar-refractivity contribution in [2.45, 2.75) is 20.4 Å². The van der Waals surface area contributed by atoms with Gasteiger partial charge in [-0.15, -0.1) is 0 Å². The first kappa shape index (κ1) is 20.5. The smallest absolute Gasteiger partial charge is 0.338 e. The van der Waals surface area contributed by atoms with E-state index in [-0.39, 0.29) is 13.2 Å². The van der Waals surface area contributed by atoms with Gasteiger partial charge in [-0.3, -0.25) is 14.3 Å². The number of carbonyl (C=O) groups is 3. The Balaban J connectivity index is 2.16. The van der Waals surface area contributed by atoms with Crippen molar-refractivity contribution in [3.8, 4) is 0 Å². The van der Waals surface area contributed by atoms with Crippen LogP contribution < -0.4 is 4.80 Å². The molecule has 9 nitrogen and oxygen atoms in total. The highest BCUT2D eigenvalue weighted by Crippen LogP contribution is 2.20. The average molecular weight is 416 g/mol. The normalized spacial score (nSPS) is 11.7. The summed E-state index contributed by atoms with van der Waals surface area (Å²) in [5.74, 6) is -1.40. The van der Waals surface area contributed by atoms with Crippen LogP contribution in [0.25, 0.3) is 10.2 Å². The third-order valence-electron chi connectivity index (χ3n) is 4.23. The molecule has 3 aromatic rings. The maximum atomic E-state index is 12.7. The molecule has 10 heteroatoms. The van der Waals surface area contributed by atoms with E-state index in [2.05, 4.69) is 10.1 Å². The van der Waals surface area contributed by atoms with E-state index in [1.165, 1.54) is 23.1 Å². The van der Waals surface area contributed by atoms with Gasteiger partial charge in [0.05, 0.1) is 35.7 Å². The predicted molar refractivity (Wildman–Crippen MR) is 106 cm³/mol. The molecule has 152 valence electrons. The van der Waals surface area contributed by atoms with Crippen molar-refractivity contribution in [1.29, 1.82) is 0 Å². The number of hydrogen-bond acceptors (Lipinski definition) is 7. The van der Waals surface area contributed by atoms with Gasteiger partial charge in [-0.1, -0.05) is 11.3 Å². The van der Waals surface area contributed by atoms with Crippen molar-refractivity contribution in [2.75, 3.05) is 13.7 Å². The maximum Gasteiger partial charge on any atom is 0.338 e. The van der Waals surface area contributed by atoms with Gasteiger partial charge in [0.15, 0.2) is 4.80 Å². The number of nitrogens with zero attached hydrogens (tertiary/aromatic N) is 4. The lowest BCUT2D eigenvalue weighted by Gasteiger charge is -2.05. The minimum atomic E-state index is -0.482. The van der Waals surface area contributed by atoms with Gasteiger partial charge in [-0.2, -0.15) is 10.1 Å². The van der Waals surface area contributed by atoms with Crippen LogP contribution in [0.2, 0.25) is 0 Å². The van der Waals surface area contributed by atoms with E-state index in [1.807, 2.05) is 0 Å². The van der Waals surface area contributed by atoms with Gasteiger partial charge in [0.25, 0.3) is 5.91 Å². The molecule has 0 atom stereocenters. The average Bonchev–Trinajstić information content (AvgIpc) is 3.20. The minimum Gasteiger partial charge on any atom is -0.468 e. The molecule has 2 aromatic heterocycles. The highest BCUT2D eigenvalue weighted by atomic mass is 32.1. The third-order valence-corrected chi connectivity index (χ3v) is 5.27. The Morgan fingerprint density at radius 2 is 2.03 bits per heavy atom. The van der Waals surface area contributed by atoms with Crippen LogP contribution in [0, 0.1) is 6.92 Å². The van der Waals surface area contributed by atoms with Crippen LogP contribution in [0.1, 0.15) is 33.3 Å². The zero-order chi connectivity index (χ0) is 21.1. The van der Waals surface area contributed by atoms with Crippen molar-refractivity contribution in [1.82, 2.24) is 14.3 Å². The molecule has 0 aliphatic heterocycles. The number of fused-ring (bicyclic) bond motifs is 1. The first-order chi connectivity index (χ1) is 13.8. The second-order valence-corrected chi connectivity index (χ2v) is 7.18. The molecule has 29 heavy (non-hydrogen) atoms. The maximum absolute atomic E-state index is 12.7. The second kappa shape index (κ2) is 8.39. The summed E-state index contributed by atoms with van der Waals surface area (Å²) in [6.45, 7) is 3.65. The highest BCUT2D eigenvalue weighted by Gasteiger charge is 2.17. The molecule has 3 rings (SSSR count). The molecule has 0 bridgehead atoms. The number of aromatic nitrogens is 3. The van der Waals surface area contributed by atoms with Crippen LogP contribution in [-0.2, 0) is 27.9 Å². The van der Waals surface area contributed by atoms with E-state index in [0.717, 1.165) is 0 Å². The van der Waals surface area contributed by atoms with Crippen molar-refractivity contribution in [3.05, 3.63) is 46.0 Å². The van der Waals surface area contributed by atoms with Crippen molar-refractivity contribution in [2.24, 2.45) is 12.0 Å². The molecule has 0 fully saturated rings. The summed E-state index contributed by atoms with van der Waals surface area (Å²) in [6.07, 6.45) is 1.59. The molecule has 0 saturated heterocycles. The van der Waals surface area contributed by atoms with Gasteiger partial charge < -0.3 is 14.0 Å². The predicted octanol–water partition coefficient (Wildman–Crippen LogP) is 1.84. The molecular weight excluding hydrogens is 396 g/mol. The number of thiazole rings is 1. The largest absolute Gasteiger partial charge is 0.468 e. The van der Waals surface area contributed by atoms with E-state index < -0.39 is 17.8 Å². The number of carbonyl (C=O) groups excluding carboxylic acids is 3. The molecule has 0 radical (unpaired) electrons. The van der Waals surface area contributed by atoms with Crippen LogP contribution in [0.5, 0.6) is 0 Å². The fraction of sp³-hybridized carbons (Fsp3) is 0.316. The zero-order valence-corrected chi connectivity index (χ0v) is 17.3. The fourth-order valence-electron chi connectivity index (χ4n) is 2.84. The lowest BCUT2D eigenvalue weighted by atomic mass is 10.2. The van der Waals surface area contributed by atoms with Gasteiger partial charge in [-0.05, 0) is 32.0 Å². The topological polar surface area (TPSA) is 105 Å². The summed E-state index contributed by atoms with van der Waals surface area (Å²) in [7, 11) is 2.95. The summed E-state index contributed by atoms with van der Waals surface area (Å²) in [5, 5.41) is 4.06. The van der Waals surface area contributed by atoms with Crippen molar-refractivity contribution < 1.29 is 23.9 Å². The summed E-state index contributed by atoms with van der Waals surface area (Å²) in [6, 6.07) is 4.96. The van der Waals surface area contributed by atoms with E-state index in [9.17, 15) is 14.4 Å². The summed E-state index contributed by atoms with van der Waals surface area (Å²) in [4.78, 5) is 41.2. The lowest BCUT2D eigenvalue weighted by molar-refractivity contribution is -0.141. The van der Waals surface area contributed by atoms with Gasteiger partial charge >= 0.3 is 11.9 Å². The standard InChI is InChI=1S/C19H20N4O5S/c1-5-28-18(26)12-6-7-13-14(8-12)29-19(23(13)10-15(24)27-4)21-17(25)16-11(2)9-20-22(16)3/h6-9H,5,10H2,1-4H3. The molecule has 0 unspecified atom stereocenters. The number of ether oxygens (including phenoxy) is 2. The molecule has 0 spiro atoms. The molecule has 1 aromatic carbocycles. The number of rotatable bonds is 5. The van der Waals surface area contributed by atoms with Gasteiger partial charge in [0.1, 0.15) is 12.2 Å². The fourth-order valence-corrected chi connectivity index (χ4v) is 3.91. The van der Waals surface area contributed by atoms with Gasteiger partial charge in [-0.25, -0.2) is 4.79 Å². The third kappa shape index (κ3) is 4.11. The molecule has 0 N–H and O–H groups in total. The quantitative estimate of drug-likeness (QED) is 0.588. The lowest BCUT2D eigenvalue weighted by Crippen LogP contribution is -2.23. The van der Waals surface area contributed by atoms with Crippen LogP contribution in [0.15, 0.2) is 29.4 Å². The Morgan fingerprint density at radius 3 is 2.66 bits per heavy atom. The number of benzene rings is 1.